The van der Waals surface area contributed by atoms with Crippen molar-refractivity contribution in [2.45, 2.75) is 119 Å². The highest BCUT2D eigenvalue weighted by atomic mass is 35.5. The van der Waals surface area contributed by atoms with Crippen LogP contribution in [0.25, 0.3) is 16.6 Å². The van der Waals surface area contributed by atoms with Gasteiger partial charge in [0.15, 0.2) is 0 Å². The predicted octanol–water partition coefficient (Wildman–Crippen LogP) is 6.75. The number of hydrogen-bond donors (Lipinski definition) is 1. The van der Waals surface area contributed by atoms with Crippen LogP contribution in [0.3, 0.4) is 0 Å². The molecule has 3 aromatic carbocycles. The van der Waals surface area contributed by atoms with Crippen molar-refractivity contribution in [1.82, 2.24) is 29.6 Å². The number of halogens is 1. The number of hydrogen-bond acceptors (Lipinski definition) is 8. The molecule has 2 saturated carbocycles. The lowest BCUT2D eigenvalue weighted by molar-refractivity contribution is -0.136. The maximum Gasteiger partial charge on any atom is 0.282 e. The first-order valence-corrected chi connectivity index (χ1v) is 23.3. The number of nitrogens with zero attached hydrogens (tertiary/aromatic N) is 5. The number of imide groups is 1. The number of piperidine rings is 3. The second-order valence-corrected chi connectivity index (χ2v) is 20.1. The number of fused-ring (bicyclic) bond motifs is 11. The molecule has 2 aliphatic carbocycles. The summed E-state index contributed by atoms with van der Waals surface area (Å²) in [6.45, 7) is 6.53. The standard InChI is InChI=1S/C49H53ClN6O5/c50-37-5-4-6-38-42(37)45(59)52-47-49(15-2-1-3-16-49)35-9-7-31(25-40(35)56(38)47)30-13-19-54(20-14-30)32-23-29(24-32)26-53-21-17-48(18-22-53)28-61-43-34-27-55(39-11-12-41(57)51-44(39)58)46(60)33(34)8-10-36(43)48/h4-10,25,29-30,32,39H,1-3,11-24,26-28H2,(H,51,57,58)/t29?,32?,39-/m0/s1. The summed E-state index contributed by atoms with van der Waals surface area (Å²) in [7, 11) is 0. The Morgan fingerprint density at radius 2 is 1.66 bits per heavy atom. The second kappa shape index (κ2) is 14.2. The minimum atomic E-state index is -0.621. The van der Waals surface area contributed by atoms with Crippen LogP contribution in [0.4, 0.5) is 0 Å². The molecule has 0 unspecified atom stereocenters. The zero-order valence-electron chi connectivity index (χ0n) is 34.7. The van der Waals surface area contributed by atoms with Crippen LogP contribution in [0.2, 0.25) is 5.02 Å². The zero-order chi connectivity index (χ0) is 41.2. The summed E-state index contributed by atoms with van der Waals surface area (Å²) in [6, 6.07) is 17.1. The number of amides is 3. The minimum Gasteiger partial charge on any atom is -0.492 e. The van der Waals surface area contributed by atoms with Crippen LogP contribution in [0, 0.1) is 5.92 Å². The lowest BCUT2D eigenvalue weighted by atomic mass is 9.69. The summed E-state index contributed by atoms with van der Waals surface area (Å²) < 4.78 is 8.72. The number of aromatic nitrogens is 2. The van der Waals surface area contributed by atoms with Gasteiger partial charge in [0.2, 0.25) is 11.8 Å². The largest absolute Gasteiger partial charge is 0.492 e. The molecule has 1 N–H and O–H groups in total. The highest BCUT2D eigenvalue weighted by Gasteiger charge is 2.49. The third kappa shape index (κ3) is 5.85. The van der Waals surface area contributed by atoms with Gasteiger partial charge in [0, 0.05) is 41.1 Å². The Hall–Kier alpha value is -4.58. The highest BCUT2D eigenvalue weighted by Crippen LogP contribution is 2.53. The molecule has 4 aromatic rings. The van der Waals surface area contributed by atoms with Crippen molar-refractivity contribution in [3.05, 3.63) is 97.5 Å². The van der Waals surface area contributed by atoms with Crippen molar-refractivity contribution in [3.63, 3.8) is 0 Å². The molecule has 316 valence electrons. The molecule has 3 saturated heterocycles. The lowest BCUT2D eigenvalue weighted by Gasteiger charge is -2.48. The molecule has 8 aliphatic rings. The predicted molar refractivity (Wildman–Crippen MR) is 232 cm³/mol. The minimum absolute atomic E-state index is 0.0323. The van der Waals surface area contributed by atoms with Crippen LogP contribution < -0.4 is 15.6 Å². The van der Waals surface area contributed by atoms with Gasteiger partial charge in [-0.1, -0.05) is 55.1 Å². The van der Waals surface area contributed by atoms with Crippen LogP contribution >= 0.6 is 11.6 Å². The van der Waals surface area contributed by atoms with E-state index in [9.17, 15) is 19.2 Å². The van der Waals surface area contributed by atoms with E-state index in [1.807, 2.05) is 18.2 Å². The number of ether oxygens (including phenoxy) is 1. The summed E-state index contributed by atoms with van der Waals surface area (Å²) in [6.07, 6.45) is 13.2. The molecule has 5 fully saturated rings. The van der Waals surface area contributed by atoms with Gasteiger partial charge in [-0.2, -0.15) is 4.98 Å². The van der Waals surface area contributed by atoms with Crippen LogP contribution in [0.1, 0.15) is 128 Å². The Morgan fingerprint density at radius 3 is 2.44 bits per heavy atom. The van der Waals surface area contributed by atoms with Crippen molar-refractivity contribution < 1.29 is 19.1 Å². The monoisotopic (exact) mass is 840 g/mol. The third-order valence-corrected chi connectivity index (χ3v) is 16.9. The first-order valence-electron chi connectivity index (χ1n) is 23.0. The van der Waals surface area contributed by atoms with Gasteiger partial charge in [-0.05, 0) is 131 Å². The average Bonchev–Trinajstić information content (AvgIpc) is 3.87. The van der Waals surface area contributed by atoms with Crippen molar-refractivity contribution in [2.75, 3.05) is 39.3 Å². The summed E-state index contributed by atoms with van der Waals surface area (Å²) in [5.41, 5.74) is 7.12. The van der Waals surface area contributed by atoms with E-state index in [1.165, 1.54) is 41.6 Å². The zero-order valence-corrected chi connectivity index (χ0v) is 35.5. The van der Waals surface area contributed by atoms with Crippen molar-refractivity contribution >= 4 is 40.2 Å². The number of carbonyl (C=O) groups is 3. The molecule has 0 bridgehead atoms. The Labute approximate surface area is 360 Å². The fourth-order valence-corrected chi connectivity index (χ4v) is 13.4. The Bertz CT molecular complexity index is 2580. The average molecular weight is 841 g/mol. The number of rotatable bonds is 5. The van der Waals surface area contributed by atoms with Gasteiger partial charge < -0.3 is 19.4 Å². The van der Waals surface area contributed by atoms with E-state index in [-0.39, 0.29) is 40.5 Å². The highest BCUT2D eigenvalue weighted by molar-refractivity contribution is 6.35. The van der Waals surface area contributed by atoms with E-state index in [0.717, 1.165) is 113 Å². The van der Waals surface area contributed by atoms with Gasteiger partial charge in [-0.25, -0.2) is 0 Å². The quantitative estimate of drug-likeness (QED) is 0.220. The smallest absolute Gasteiger partial charge is 0.282 e. The SMILES string of the molecule is O=C1CC[C@H](N2Cc3c(ccc4c3OCC43CCN(CC4CC(N5CCC(c6ccc7c(c6)-n6c(nc(=O)c8c(Cl)cccc86)C76CCCCC6)CC5)C4)CC3)C2=O)C(=O)N1. The van der Waals surface area contributed by atoms with E-state index < -0.39 is 6.04 Å². The molecular weight excluding hydrogens is 788 g/mol. The molecule has 61 heavy (non-hydrogen) atoms. The van der Waals surface area contributed by atoms with E-state index in [4.69, 9.17) is 21.3 Å². The van der Waals surface area contributed by atoms with Crippen molar-refractivity contribution in [2.24, 2.45) is 5.92 Å². The fraction of sp³-hybridized carbons (Fsp3) is 0.531. The Morgan fingerprint density at radius 1 is 0.869 bits per heavy atom. The van der Waals surface area contributed by atoms with Crippen LogP contribution in [-0.2, 0) is 27.0 Å². The number of nitrogens with one attached hydrogen (secondary N) is 1. The Kier molecular flexibility index (Phi) is 8.89. The second-order valence-electron chi connectivity index (χ2n) is 19.7. The van der Waals surface area contributed by atoms with Crippen LogP contribution in [-0.4, -0.2) is 93.4 Å². The molecule has 12 heteroatoms. The summed E-state index contributed by atoms with van der Waals surface area (Å²) in [5, 5.41) is 3.40. The summed E-state index contributed by atoms with van der Waals surface area (Å²) in [5.74, 6) is 2.22. The van der Waals surface area contributed by atoms with E-state index in [2.05, 4.69) is 43.9 Å². The first kappa shape index (κ1) is 38.1. The molecule has 3 amide bonds. The van der Waals surface area contributed by atoms with E-state index in [1.54, 1.807) is 11.0 Å². The molecule has 0 radical (unpaired) electrons. The summed E-state index contributed by atoms with van der Waals surface area (Å²) >= 11 is 6.63. The Balaban J connectivity index is 0.666. The fourth-order valence-electron chi connectivity index (χ4n) is 13.1. The third-order valence-electron chi connectivity index (χ3n) is 16.6. The number of benzene rings is 3. The van der Waals surface area contributed by atoms with Gasteiger partial charge in [-0.3, -0.25) is 29.1 Å². The van der Waals surface area contributed by atoms with Gasteiger partial charge in [0.25, 0.3) is 11.5 Å². The lowest BCUT2D eigenvalue weighted by Crippen LogP contribution is -2.52. The molecule has 7 heterocycles. The van der Waals surface area contributed by atoms with Crippen molar-refractivity contribution in [1.29, 1.82) is 0 Å². The van der Waals surface area contributed by atoms with Gasteiger partial charge in [0.05, 0.1) is 40.2 Å². The normalized spacial score (nSPS) is 26.9. The molecule has 6 aliphatic heterocycles. The maximum atomic E-state index is 13.4. The first-order chi connectivity index (χ1) is 29.7. The van der Waals surface area contributed by atoms with Crippen LogP contribution in [0.5, 0.6) is 5.75 Å². The molecule has 1 aromatic heterocycles. The molecular formula is C49H53ClN6O5. The van der Waals surface area contributed by atoms with Gasteiger partial charge in [0.1, 0.15) is 17.6 Å². The summed E-state index contributed by atoms with van der Waals surface area (Å²) in [4.78, 5) is 63.1. The molecule has 12 rings (SSSR count). The number of likely N-dealkylation sites (tertiary alicyclic amines) is 2. The molecule has 11 nitrogen and oxygen atoms in total. The van der Waals surface area contributed by atoms with E-state index >= 15 is 0 Å². The molecule has 2 spiro atoms. The number of carbonyl (C=O) groups excluding carboxylic acids is 3. The van der Waals surface area contributed by atoms with Crippen LogP contribution in [0.15, 0.2) is 53.3 Å². The van der Waals surface area contributed by atoms with Gasteiger partial charge >= 0.3 is 0 Å². The molecule has 1 atom stereocenters. The van der Waals surface area contributed by atoms with E-state index in [0.29, 0.717) is 47.5 Å². The topological polar surface area (TPSA) is 117 Å². The maximum absolute atomic E-state index is 13.4. The van der Waals surface area contributed by atoms with Crippen molar-refractivity contribution in [3.8, 4) is 11.4 Å². The van der Waals surface area contributed by atoms with Gasteiger partial charge in [-0.15, -0.1) is 0 Å².